The molecule has 0 aromatic heterocycles. The molecule has 0 unspecified atom stereocenters. The number of nitrogens with zero attached hydrogens (tertiary/aromatic N) is 3. The molecule has 0 spiro atoms. The summed E-state index contributed by atoms with van der Waals surface area (Å²) in [7, 11) is 1.66. The van der Waals surface area contributed by atoms with Crippen LogP contribution in [0.15, 0.2) is 48.5 Å². The third kappa shape index (κ3) is 4.25. The number of carbonyl (C=O) groups is 3. The average Bonchev–Trinajstić information content (AvgIpc) is 3.08. The van der Waals surface area contributed by atoms with Crippen molar-refractivity contribution in [2.75, 3.05) is 48.4 Å². The van der Waals surface area contributed by atoms with Gasteiger partial charge in [-0.2, -0.15) is 0 Å². The van der Waals surface area contributed by atoms with E-state index in [1.165, 1.54) is 11.8 Å². The van der Waals surface area contributed by atoms with Gasteiger partial charge in [0.1, 0.15) is 5.75 Å². The van der Waals surface area contributed by atoms with Crippen LogP contribution in [0.2, 0.25) is 0 Å². The number of amides is 3. The van der Waals surface area contributed by atoms with Crippen molar-refractivity contribution in [2.45, 2.75) is 19.4 Å². The lowest BCUT2D eigenvalue weighted by atomic mass is 10.1. The normalized spacial score (nSPS) is 19.6. The molecule has 2 aliphatic heterocycles. The van der Waals surface area contributed by atoms with Gasteiger partial charge in [-0.1, -0.05) is 12.1 Å². The number of rotatable bonds is 5. The van der Waals surface area contributed by atoms with Gasteiger partial charge in [0, 0.05) is 38.8 Å². The molecule has 2 aromatic rings. The van der Waals surface area contributed by atoms with Crippen LogP contribution in [0.5, 0.6) is 5.75 Å². The number of nitrogens with one attached hydrogen (secondary N) is 1. The van der Waals surface area contributed by atoms with Crippen LogP contribution in [-0.4, -0.2) is 62.0 Å². The third-order valence-corrected chi connectivity index (χ3v) is 5.75. The van der Waals surface area contributed by atoms with Crippen molar-refractivity contribution in [1.82, 2.24) is 4.90 Å². The maximum absolute atomic E-state index is 13.1. The molecular weight excluding hydrogens is 396 g/mol. The SMILES string of the molecule is COc1ccccc1N1CCN([C@@H]2CC(=O)N(c3ccc(NC(C)=O)cc3)C2=O)CC1. The molecule has 8 nitrogen and oxygen atoms in total. The van der Waals surface area contributed by atoms with Crippen molar-refractivity contribution >= 4 is 34.8 Å². The second-order valence-electron chi connectivity index (χ2n) is 7.71. The summed E-state index contributed by atoms with van der Waals surface area (Å²) < 4.78 is 5.47. The van der Waals surface area contributed by atoms with Crippen LogP contribution in [0, 0.1) is 0 Å². The fraction of sp³-hybridized carbons (Fsp3) is 0.348. The standard InChI is InChI=1S/C23H26N4O4/c1-16(28)24-17-7-9-18(10-8-17)27-22(29)15-20(23(27)30)26-13-11-25(12-14-26)19-5-3-4-6-21(19)31-2/h3-10,20H,11-15H2,1-2H3,(H,24,28)/t20-/m1/s1. The Hall–Kier alpha value is -3.39. The first kappa shape index (κ1) is 20.9. The van der Waals surface area contributed by atoms with Gasteiger partial charge in [0.15, 0.2) is 0 Å². The summed E-state index contributed by atoms with van der Waals surface area (Å²) >= 11 is 0. The van der Waals surface area contributed by atoms with E-state index in [0.717, 1.165) is 24.5 Å². The summed E-state index contributed by atoms with van der Waals surface area (Å²) in [6, 6.07) is 14.2. The number of ether oxygens (including phenoxy) is 1. The topological polar surface area (TPSA) is 82.2 Å². The van der Waals surface area contributed by atoms with Crippen molar-refractivity contribution < 1.29 is 19.1 Å². The van der Waals surface area contributed by atoms with Gasteiger partial charge in [-0.05, 0) is 36.4 Å². The molecule has 0 radical (unpaired) electrons. The van der Waals surface area contributed by atoms with Gasteiger partial charge in [0.05, 0.1) is 30.9 Å². The minimum absolute atomic E-state index is 0.173. The van der Waals surface area contributed by atoms with Gasteiger partial charge >= 0.3 is 0 Å². The minimum Gasteiger partial charge on any atom is -0.495 e. The molecule has 4 rings (SSSR count). The molecule has 0 aliphatic carbocycles. The molecule has 2 aliphatic rings. The van der Waals surface area contributed by atoms with Gasteiger partial charge < -0.3 is 15.0 Å². The van der Waals surface area contributed by atoms with Crippen LogP contribution < -0.4 is 19.9 Å². The Labute approximate surface area is 181 Å². The van der Waals surface area contributed by atoms with Gasteiger partial charge in [-0.3, -0.25) is 19.3 Å². The largest absolute Gasteiger partial charge is 0.495 e. The summed E-state index contributed by atoms with van der Waals surface area (Å²) in [5.74, 6) is 0.266. The lowest BCUT2D eigenvalue weighted by Crippen LogP contribution is -2.52. The zero-order chi connectivity index (χ0) is 22.0. The number of hydrogen-bond acceptors (Lipinski definition) is 6. The zero-order valence-electron chi connectivity index (χ0n) is 17.7. The first-order valence-electron chi connectivity index (χ1n) is 10.3. The molecule has 3 amide bonds. The smallest absolute Gasteiger partial charge is 0.251 e. The molecule has 1 atom stereocenters. The van der Waals surface area contributed by atoms with E-state index in [1.807, 2.05) is 24.3 Å². The van der Waals surface area contributed by atoms with Crippen LogP contribution in [0.25, 0.3) is 0 Å². The molecule has 0 bridgehead atoms. The maximum atomic E-state index is 13.1. The molecule has 2 heterocycles. The van der Waals surface area contributed by atoms with Crippen LogP contribution in [0.3, 0.4) is 0 Å². The molecule has 2 aromatic carbocycles. The lowest BCUT2D eigenvalue weighted by Gasteiger charge is -2.38. The predicted molar refractivity (Wildman–Crippen MR) is 118 cm³/mol. The van der Waals surface area contributed by atoms with E-state index in [-0.39, 0.29) is 24.1 Å². The van der Waals surface area contributed by atoms with Crippen molar-refractivity contribution in [3.8, 4) is 5.75 Å². The molecular formula is C23H26N4O4. The highest BCUT2D eigenvalue weighted by Crippen LogP contribution is 2.31. The second kappa shape index (κ2) is 8.77. The number of para-hydroxylation sites is 2. The van der Waals surface area contributed by atoms with Gasteiger partial charge in [0.25, 0.3) is 5.91 Å². The van der Waals surface area contributed by atoms with E-state index in [9.17, 15) is 14.4 Å². The first-order valence-corrected chi connectivity index (χ1v) is 10.3. The summed E-state index contributed by atoms with van der Waals surface area (Å²) in [4.78, 5) is 42.5. The summed E-state index contributed by atoms with van der Waals surface area (Å²) in [5, 5.41) is 2.68. The number of imide groups is 1. The summed E-state index contributed by atoms with van der Waals surface area (Å²) in [6.45, 7) is 4.32. The number of methoxy groups -OCH3 is 1. The highest BCUT2D eigenvalue weighted by atomic mass is 16.5. The first-order chi connectivity index (χ1) is 15.0. The molecule has 0 saturated carbocycles. The minimum atomic E-state index is -0.442. The highest BCUT2D eigenvalue weighted by Gasteiger charge is 2.43. The van der Waals surface area contributed by atoms with Crippen molar-refractivity contribution in [1.29, 1.82) is 0 Å². The van der Waals surface area contributed by atoms with Crippen LogP contribution >= 0.6 is 0 Å². The Morgan fingerprint density at radius 2 is 1.68 bits per heavy atom. The van der Waals surface area contributed by atoms with E-state index in [2.05, 4.69) is 15.1 Å². The molecule has 8 heteroatoms. The second-order valence-corrected chi connectivity index (χ2v) is 7.71. The lowest BCUT2D eigenvalue weighted by molar-refractivity contribution is -0.123. The van der Waals surface area contributed by atoms with E-state index in [4.69, 9.17) is 4.74 Å². The Balaban J connectivity index is 1.42. The van der Waals surface area contributed by atoms with E-state index < -0.39 is 6.04 Å². The van der Waals surface area contributed by atoms with Crippen molar-refractivity contribution in [3.05, 3.63) is 48.5 Å². The molecule has 31 heavy (non-hydrogen) atoms. The maximum Gasteiger partial charge on any atom is 0.251 e. The predicted octanol–water partition coefficient (Wildman–Crippen LogP) is 2.11. The third-order valence-electron chi connectivity index (χ3n) is 5.75. The van der Waals surface area contributed by atoms with Crippen LogP contribution in [-0.2, 0) is 14.4 Å². The number of benzene rings is 2. The monoisotopic (exact) mass is 422 g/mol. The Bertz CT molecular complexity index is 983. The summed E-state index contributed by atoms with van der Waals surface area (Å²) in [6.07, 6.45) is 0.181. The fourth-order valence-corrected chi connectivity index (χ4v) is 4.24. The molecule has 1 N–H and O–H groups in total. The Kier molecular flexibility index (Phi) is 5.90. The van der Waals surface area contributed by atoms with Crippen LogP contribution in [0.1, 0.15) is 13.3 Å². The van der Waals surface area contributed by atoms with Gasteiger partial charge in [0.2, 0.25) is 11.8 Å². The number of hydrogen-bond donors (Lipinski definition) is 1. The highest BCUT2D eigenvalue weighted by molar-refractivity contribution is 6.22. The number of piperazine rings is 1. The van der Waals surface area contributed by atoms with E-state index >= 15 is 0 Å². The quantitative estimate of drug-likeness (QED) is 0.744. The fourth-order valence-electron chi connectivity index (χ4n) is 4.24. The average molecular weight is 422 g/mol. The van der Waals surface area contributed by atoms with Crippen LogP contribution in [0.4, 0.5) is 17.1 Å². The van der Waals surface area contributed by atoms with Crippen molar-refractivity contribution in [3.63, 3.8) is 0 Å². The number of carbonyl (C=O) groups excluding carboxylic acids is 3. The molecule has 2 fully saturated rings. The van der Waals surface area contributed by atoms with Crippen molar-refractivity contribution in [2.24, 2.45) is 0 Å². The Morgan fingerprint density at radius 1 is 1.00 bits per heavy atom. The summed E-state index contributed by atoms with van der Waals surface area (Å²) in [5.41, 5.74) is 2.19. The Morgan fingerprint density at radius 3 is 2.32 bits per heavy atom. The van der Waals surface area contributed by atoms with Gasteiger partial charge in [-0.15, -0.1) is 0 Å². The molecule has 2 saturated heterocycles. The van der Waals surface area contributed by atoms with E-state index in [1.54, 1.807) is 31.4 Å². The van der Waals surface area contributed by atoms with Gasteiger partial charge in [-0.25, -0.2) is 4.90 Å². The molecule has 162 valence electrons. The zero-order valence-corrected chi connectivity index (χ0v) is 17.7. The number of anilines is 3. The van der Waals surface area contributed by atoms with E-state index in [0.29, 0.717) is 24.5 Å².